The Bertz CT molecular complexity index is 118. The molecule has 0 spiro atoms. The minimum Gasteiger partial charge on any atom is -0.297 e. The molecule has 1 nitrogen and oxygen atoms in total. The van der Waals surface area contributed by atoms with Crippen LogP contribution in [0.4, 0.5) is 0 Å². The van der Waals surface area contributed by atoms with E-state index in [1.807, 2.05) is 6.92 Å². The molecule has 0 saturated carbocycles. The maximum absolute atomic E-state index is 3.16. The Morgan fingerprint density at radius 1 is 1.57 bits per heavy atom. The average molecular weight is 95.1 g/mol. The Balaban J connectivity index is 2.29. The van der Waals surface area contributed by atoms with Gasteiger partial charge in [-0.3, -0.25) is 5.32 Å². The maximum Gasteiger partial charge on any atom is 0.0845 e. The van der Waals surface area contributed by atoms with Gasteiger partial charge in [0.25, 0.3) is 0 Å². The lowest BCUT2D eigenvalue weighted by molar-refractivity contribution is 1.09. The lowest BCUT2D eigenvalue weighted by atomic mass is 10.3. The van der Waals surface area contributed by atoms with Crippen molar-refractivity contribution in [3.05, 3.63) is 0 Å². The largest absolute Gasteiger partial charge is 0.297 e. The van der Waals surface area contributed by atoms with Crippen LogP contribution in [-0.4, -0.2) is 12.1 Å². The smallest absolute Gasteiger partial charge is 0.0845 e. The number of hydrogen-bond donors (Lipinski definition) is 1. The maximum atomic E-state index is 3.16. The molecule has 1 heterocycles. The minimum atomic E-state index is 0.505. The summed E-state index contributed by atoms with van der Waals surface area (Å²) in [4.78, 5) is 0. The molecule has 0 aliphatic carbocycles. The summed E-state index contributed by atoms with van der Waals surface area (Å²) in [5, 5.41) is 3.16. The van der Waals surface area contributed by atoms with E-state index < -0.39 is 0 Å². The van der Waals surface area contributed by atoms with Crippen LogP contribution in [0.2, 0.25) is 0 Å². The van der Waals surface area contributed by atoms with Crippen LogP contribution in [0.25, 0.3) is 0 Å². The van der Waals surface area contributed by atoms with E-state index in [4.69, 9.17) is 0 Å². The molecule has 0 aromatic carbocycles. The van der Waals surface area contributed by atoms with E-state index in [2.05, 4.69) is 24.1 Å². The quantitative estimate of drug-likeness (QED) is 0.341. The summed E-state index contributed by atoms with van der Waals surface area (Å²) < 4.78 is 0. The fraction of sp³-hybridized carbons (Fsp3) is 0.667. The molecule has 1 heteroatoms. The highest BCUT2D eigenvalue weighted by molar-refractivity contribution is 5.18. The fourth-order valence-electron chi connectivity index (χ4n) is 0.550. The number of rotatable bonds is 0. The molecule has 1 N–H and O–H groups in total. The minimum absolute atomic E-state index is 0.505. The normalized spacial score (nSPS) is 36.3. The van der Waals surface area contributed by atoms with Crippen LogP contribution in [0.3, 0.4) is 0 Å². The van der Waals surface area contributed by atoms with Crippen molar-refractivity contribution in [1.82, 2.24) is 5.32 Å². The Morgan fingerprint density at radius 2 is 2.14 bits per heavy atom. The standard InChI is InChI=1S/C6H9N/c1-3-4-6-5(2)7-6/h5-7H,1-2H3/t5-,6-/m0/s1. The first-order valence-electron chi connectivity index (χ1n) is 2.53. The summed E-state index contributed by atoms with van der Waals surface area (Å²) in [7, 11) is 0. The zero-order valence-corrected chi connectivity index (χ0v) is 4.65. The molecule has 0 aromatic heterocycles. The van der Waals surface area contributed by atoms with Gasteiger partial charge in [0.1, 0.15) is 0 Å². The molecule has 38 valence electrons. The van der Waals surface area contributed by atoms with Crippen molar-refractivity contribution in [2.24, 2.45) is 0 Å². The average Bonchev–Trinajstić information content (AvgIpc) is 2.22. The first-order valence-corrected chi connectivity index (χ1v) is 2.53. The van der Waals surface area contributed by atoms with Gasteiger partial charge in [-0.1, -0.05) is 5.92 Å². The summed E-state index contributed by atoms with van der Waals surface area (Å²) in [5.41, 5.74) is 0. The molecule has 1 saturated heterocycles. The highest BCUT2D eigenvalue weighted by Crippen LogP contribution is 2.06. The number of hydrogen-bond acceptors (Lipinski definition) is 1. The topological polar surface area (TPSA) is 21.9 Å². The van der Waals surface area contributed by atoms with E-state index in [0.29, 0.717) is 12.1 Å². The Kier molecular flexibility index (Phi) is 1.04. The lowest BCUT2D eigenvalue weighted by Gasteiger charge is -1.66. The molecular formula is C6H9N. The second-order valence-corrected chi connectivity index (χ2v) is 1.83. The summed E-state index contributed by atoms with van der Waals surface area (Å²) >= 11 is 0. The van der Waals surface area contributed by atoms with Gasteiger partial charge in [0.05, 0.1) is 6.04 Å². The van der Waals surface area contributed by atoms with E-state index in [1.165, 1.54) is 0 Å². The third kappa shape index (κ3) is 0.942. The fourth-order valence-corrected chi connectivity index (χ4v) is 0.550. The summed E-state index contributed by atoms with van der Waals surface area (Å²) in [5.74, 6) is 5.86. The van der Waals surface area contributed by atoms with Gasteiger partial charge < -0.3 is 0 Å². The van der Waals surface area contributed by atoms with Gasteiger partial charge in [-0.05, 0) is 13.8 Å². The van der Waals surface area contributed by atoms with Crippen molar-refractivity contribution in [2.45, 2.75) is 25.9 Å². The van der Waals surface area contributed by atoms with Crippen LogP contribution in [0, 0.1) is 11.8 Å². The van der Waals surface area contributed by atoms with E-state index in [1.54, 1.807) is 0 Å². The SMILES string of the molecule is CC#C[C@@H]1N[C@H]1C. The molecule has 0 unspecified atom stereocenters. The van der Waals surface area contributed by atoms with Crippen LogP contribution in [0.1, 0.15) is 13.8 Å². The molecule has 7 heavy (non-hydrogen) atoms. The van der Waals surface area contributed by atoms with Gasteiger partial charge in [-0.15, -0.1) is 5.92 Å². The van der Waals surface area contributed by atoms with Gasteiger partial charge in [-0.25, -0.2) is 0 Å². The summed E-state index contributed by atoms with van der Waals surface area (Å²) in [6.45, 7) is 4.00. The van der Waals surface area contributed by atoms with Crippen LogP contribution < -0.4 is 5.32 Å². The third-order valence-electron chi connectivity index (χ3n) is 1.13. The first-order chi connectivity index (χ1) is 3.34. The van der Waals surface area contributed by atoms with Crippen molar-refractivity contribution >= 4 is 0 Å². The van der Waals surface area contributed by atoms with Crippen LogP contribution >= 0.6 is 0 Å². The van der Waals surface area contributed by atoms with Crippen LogP contribution in [0.5, 0.6) is 0 Å². The predicted molar refractivity (Wildman–Crippen MR) is 29.8 cm³/mol. The molecule has 1 rings (SSSR count). The monoisotopic (exact) mass is 95.1 g/mol. The van der Waals surface area contributed by atoms with Crippen molar-refractivity contribution in [2.75, 3.05) is 0 Å². The summed E-state index contributed by atoms with van der Waals surface area (Å²) in [6, 6.07) is 1.15. The second kappa shape index (κ2) is 1.55. The van der Waals surface area contributed by atoms with Crippen molar-refractivity contribution in [1.29, 1.82) is 0 Å². The summed E-state index contributed by atoms with van der Waals surface area (Å²) in [6.07, 6.45) is 0. The van der Waals surface area contributed by atoms with Crippen LogP contribution in [0.15, 0.2) is 0 Å². The molecule has 1 fully saturated rings. The van der Waals surface area contributed by atoms with Crippen molar-refractivity contribution in [3.63, 3.8) is 0 Å². The van der Waals surface area contributed by atoms with Gasteiger partial charge in [0, 0.05) is 6.04 Å². The molecule has 0 radical (unpaired) electrons. The molecule has 0 bridgehead atoms. The van der Waals surface area contributed by atoms with Crippen molar-refractivity contribution in [3.8, 4) is 11.8 Å². The predicted octanol–water partition coefficient (Wildman–Crippen LogP) is 0.370. The van der Waals surface area contributed by atoms with Gasteiger partial charge in [0.2, 0.25) is 0 Å². The molecule has 1 aliphatic heterocycles. The highest BCUT2D eigenvalue weighted by Gasteiger charge is 2.28. The van der Waals surface area contributed by atoms with Gasteiger partial charge in [-0.2, -0.15) is 0 Å². The van der Waals surface area contributed by atoms with Crippen LogP contribution in [-0.2, 0) is 0 Å². The number of nitrogens with one attached hydrogen (secondary N) is 1. The zero-order chi connectivity index (χ0) is 5.28. The van der Waals surface area contributed by atoms with Gasteiger partial charge in [0.15, 0.2) is 0 Å². The molecule has 0 amide bonds. The highest BCUT2D eigenvalue weighted by atomic mass is 15.1. The molecule has 2 atom stereocenters. The van der Waals surface area contributed by atoms with E-state index in [0.717, 1.165) is 0 Å². The Labute approximate surface area is 44.1 Å². The molecule has 0 aromatic rings. The second-order valence-electron chi connectivity index (χ2n) is 1.83. The van der Waals surface area contributed by atoms with E-state index in [-0.39, 0.29) is 0 Å². The van der Waals surface area contributed by atoms with E-state index in [9.17, 15) is 0 Å². The molecule has 1 aliphatic rings. The Morgan fingerprint density at radius 3 is 2.29 bits per heavy atom. The third-order valence-corrected chi connectivity index (χ3v) is 1.13. The van der Waals surface area contributed by atoms with Gasteiger partial charge >= 0.3 is 0 Å². The zero-order valence-electron chi connectivity index (χ0n) is 4.65. The first kappa shape index (κ1) is 4.67. The Hall–Kier alpha value is -0.480. The van der Waals surface area contributed by atoms with E-state index >= 15 is 0 Å². The van der Waals surface area contributed by atoms with Crippen molar-refractivity contribution < 1.29 is 0 Å². The lowest BCUT2D eigenvalue weighted by Crippen LogP contribution is -1.81. The molecular weight excluding hydrogens is 86.1 g/mol.